The molecule has 0 radical (unpaired) electrons. The maximum absolute atomic E-state index is 12.5. The van der Waals surface area contributed by atoms with E-state index in [4.69, 9.17) is 18.9 Å². The molecule has 2 fully saturated rings. The predicted octanol–water partition coefficient (Wildman–Crippen LogP) is 3.16. The molecular formula is C27H40O8. The second-order valence-electron chi connectivity index (χ2n) is 10.1. The normalized spacial score (nSPS) is 35.2. The highest BCUT2D eigenvalue weighted by Gasteiger charge is 2.46. The van der Waals surface area contributed by atoms with E-state index in [1.807, 2.05) is 13.0 Å². The van der Waals surface area contributed by atoms with Crippen molar-refractivity contribution in [1.82, 2.24) is 0 Å². The van der Waals surface area contributed by atoms with Gasteiger partial charge in [-0.15, -0.1) is 0 Å². The van der Waals surface area contributed by atoms with Crippen LogP contribution >= 0.6 is 0 Å². The molecule has 35 heavy (non-hydrogen) atoms. The van der Waals surface area contributed by atoms with Crippen molar-refractivity contribution in [2.45, 2.75) is 102 Å². The number of ether oxygens (including phenoxy) is 4. The Morgan fingerprint density at radius 2 is 1.94 bits per heavy atom. The van der Waals surface area contributed by atoms with Gasteiger partial charge in [0.15, 0.2) is 0 Å². The molecule has 0 amide bonds. The molecule has 2 saturated heterocycles. The van der Waals surface area contributed by atoms with E-state index in [9.17, 15) is 19.8 Å². The fourth-order valence-corrected chi connectivity index (χ4v) is 4.57. The highest BCUT2D eigenvalue weighted by atomic mass is 16.6. The average Bonchev–Trinajstić information content (AvgIpc) is 3.56. The summed E-state index contributed by atoms with van der Waals surface area (Å²) >= 11 is 0. The van der Waals surface area contributed by atoms with Gasteiger partial charge >= 0.3 is 11.9 Å². The summed E-state index contributed by atoms with van der Waals surface area (Å²) in [6, 6.07) is 0. The molecule has 8 nitrogen and oxygen atoms in total. The Labute approximate surface area is 208 Å². The lowest BCUT2D eigenvalue weighted by molar-refractivity contribution is -0.154. The molecule has 196 valence electrons. The van der Waals surface area contributed by atoms with Crippen molar-refractivity contribution in [3.63, 3.8) is 0 Å². The van der Waals surface area contributed by atoms with Crippen molar-refractivity contribution >= 4 is 11.9 Å². The van der Waals surface area contributed by atoms with Gasteiger partial charge in [-0.1, -0.05) is 42.9 Å². The van der Waals surface area contributed by atoms with E-state index in [-0.39, 0.29) is 49.5 Å². The van der Waals surface area contributed by atoms with Gasteiger partial charge in [0.05, 0.1) is 31.5 Å². The van der Waals surface area contributed by atoms with Gasteiger partial charge in [0.2, 0.25) is 0 Å². The number of carbonyl (C=O) groups is 2. The lowest BCUT2D eigenvalue weighted by Gasteiger charge is -2.23. The predicted molar refractivity (Wildman–Crippen MR) is 129 cm³/mol. The maximum Gasteiger partial charge on any atom is 0.306 e. The Hall–Kier alpha value is -2.00. The number of rotatable bonds is 3. The minimum Gasteiger partial charge on any atom is -0.466 e. The first-order chi connectivity index (χ1) is 16.7. The van der Waals surface area contributed by atoms with E-state index in [1.54, 1.807) is 12.2 Å². The molecule has 3 rings (SSSR count). The Balaban J connectivity index is 1.64. The first-order valence-electron chi connectivity index (χ1n) is 12.7. The molecule has 7 atom stereocenters. The minimum atomic E-state index is -1.05. The van der Waals surface area contributed by atoms with E-state index >= 15 is 0 Å². The van der Waals surface area contributed by atoms with Crippen molar-refractivity contribution in [1.29, 1.82) is 0 Å². The van der Waals surface area contributed by atoms with Crippen molar-refractivity contribution in [3.8, 4) is 0 Å². The molecule has 8 heteroatoms. The van der Waals surface area contributed by atoms with Crippen LogP contribution in [0, 0.1) is 5.92 Å². The zero-order chi connectivity index (χ0) is 25.4. The molecule has 0 aromatic carbocycles. The third kappa shape index (κ3) is 9.52. The van der Waals surface area contributed by atoms with E-state index in [0.717, 1.165) is 18.4 Å². The number of cyclic esters (lactones) is 2. The smallest absolute Gasteiger partial charge is 0.306 e. The maximum atomic E-state index is 12.5. The number of aliphatic hydroxyl groups excluding tert-OH is 2. The van der Waals surface area contributed by atoms with Crippen LogP contribution in [0.5, 0.6) is 0 Å². The summed E-state index contributed by atoms with van der Waals surface area (Å²) in [5, 5.41) is 21.4. The summed E-state index contributed by atoms with van der Waals surface area (Å²) in [6.07, 6.45) is 5.30. The number of aliphatic hydroxyl groups is 2. The van der Waals surface area contributed by atoms with E-state index in [1.165, 1.54) is 5.57 Å². The number of esters is 2. The summed E-state index contributed by atoms with van der Waals surface area (Å²) in [5.41, 5.74) is 2.13. The van der Waals surface area contributed by atoms with Gasteiger partial charge in [-0.25, -0.2) is 0 Å². The molecule has 0 spiro atoms. The SMILES string of the molecule is C=C1C[C@H](C)CCOC(=O)CCCC(=O)O[C@H]([C@@H](O)C=C[C@@H]2CC(C)=CCO2)C[C@@H]2O[C@H]2[C@@H](O)C1. The van der Waals surface area contributed by atoms with Crippen LogP contribution in [0.2, 0.25) is 0 Å². The molecule has 0 aliphatic carbocycles. The molecule has 0 unspecified atom stereocenters. The zero-order valence-corrected chi connectivity index (χ0v) is 20.9. The van der Waals surface area contributed by atoms with Crippen LogP contribution in [0.1, 0.15) is 65.2 Å². The van der Waals surface area contributed by atoms with Crippen molar-refractivity contribution in [3.05, 3.63) is 36.0 Å². The highest BCUT2D eigenvalue weighted by Crippen LogP contribution is 2.34. The summed E-state index contributed by atoms with van der Waals surface area (Å²) in [4.78, 5) is 24.4. The van der Waals surface area contributed by atoms with Gasteiger partial charge in [0, 0.05) is 19.3 Å². The van der Waals surface area contributed by atoms with Crippen LogP contribution in [-0.2, 0) is 28.5 Å². The van der Waals surface area contributed by atoms with E-state index < -0.39 is 24.3 Å². The zero-order valence-electron chi connectivity index (χ0n) is 20.9. The number of hydrogen-bond donors (Lipinski definition) is 2. The Bertz CT molecular complexity index is 803. The Kier molecular flexibility index (Phi) is 10.5. The van der Waals surface area contributed by atoms with Crippen LogP contribution in [0.3, 0.4) is 0 Å². The van der Waals surface area contributed by atoms with Gasteiger partial charge < -0.3 is 29.2 Å². The second kappa shape index (κ2) is 13.3. The molecule has 2 N–H and O–H groups in total. The summed E-state index contributed by atoms with van der Waals surface area (Å²) < 4.78 is 22.2. The monoisotopic (exact) mass is 492 g/mol. The third-order valence-electron chi connectivity index (χ3n) is 6.69. The van der Waals surface area contributed by atoms with Gasteiger partial charge in [0.25, 0.3) is 0 Å². The summed E-state index contributed by atoms with van der Waals surface area (Å²) in [5.74, 6) is -0.569. The molecule has 3 heterocycles. The van der Waals surface area contributed by atoms with Crippen molar-refractivity contribution in [2.75, 3.05) is 13.2 Å². The fourth-order valence-electron chi connectivity index (χ4n) is 4.57. The van der Waals surface area contributed by atoms with Gasteiger partial charge in [-0.2, -0.15) is 0 Å². The quantitative estimate of drug-likeness (QED) is 0.351. The van der Waals surface area contributed by atoms with Crippen LogP contribution in [0.25, 0.3) is 0 Å². The molecular weight excluding hydrogens is 452 g/mol. The first kappa shape index (κ1) is 27.6. The molecule has 0 bridgehead atoms. The van der Waals surface area contributed by atoms with Gasteiger partial charge in [-0.3, -0.25) is 9.59 Å². The lowest BCUT2D eigenvalue weighted by atomic mass is 9.94. The topological polar surface area (TPSA) is 115 Å². The van der Waals surface area contributed by atoms with Crippen LogP contribution < -0.4 is 0 Å². The average molecular weight is 493 g/mol. The minimum absolute atomic E-state index is 0.0472. The molecule has 0 saturated carbocycles. The van der Waals surface area contributed by atoms with E-state index in [0.29, 0.717) is 32.5 Å². The third-order valence-corrected chi connectivity index (χ3v) is 6.69. The Morgan fingerprint density at radius 3 is 2.71 bits per heavy atom. The van der Waals surface area contributed by atoms with Gasteiger partial charge in [-0.05, 0) is 44.9 Å². The molecule has 3 aliphatic heterocycles. The van der Waals surface area contributed by atoms with Crippen molar-refractivity contribution < 1.29 is 38.7 Å². The molecule has 0 aromatic rings. The summed E-state index contributed by atoms with van der Waals surface area (Å²) in [6.45, 7) is 9.02. The largest absolute Gasteiger partial charge is 0.466 e. The van der Waals surface area contributed by atoms with Crippen LogP contribution in [0.4, 0.5) is 0 Å². The highest BCUT2D eigenvalue weighted by molar-refractivity contribution is 5.72. The fraction of sp³-hybridized carbons (Fsp3) is 0.704. The van der Waals surface area contributed by atoms with Crippen LogP contribution in [0.15, 0.2) is 36.0 Å². The number of epoxide rings is 1. The van der Waals surface area contributed by atoms with Gasteiger partial charge in [0.1, 0.15) is 18.3 Å². The van der Waals surface area contributed by atoms with E-state index in [2.05, 4.69) is 13.5 Å². The lowest BCUT2D eigenvalue weighted by Crippen LogP contribution is -2.33. The molecule has 3 aliphatic rings. The first-order valence-corrected chi connectivity index (χ1v) is 12.7. The standard InChI is InChI=1S/C27H40O8/c1-17-10-12-33-25(30)5-4-6-26(31)34-23(16-24-27(35-24)22(29)15-19(3)13-17)21(28)8-7-20-14-18(2)9-11-32-20/h7-9,17,20-24,27-29H,3-6,10-16H2,1-2H3/t17-,20-,21+,22+,23+,24+,27+/m1/s1. The van der Waals surface area contributed by atoms with Crippen LogP contribution in [-0.4, -0.2) is 72.0 Å². The molecule has 0 aromatic heterocycles. The van der Waals surface area contributed by atoms with Crippen molar-refractivity contribution in [2.24, 2.45) is 5.92 Å². The number of fused-ring (bicyclic) bond motifs is 1. The second-order valence-corrected chi connectivity index (χ2v) is 10.1. The summed E-state index contributed by atoms with van der Waals surface area (Å²) in [7, 11) is 0. The Morgan fingerprint density at radius 1 is 1.17 bits per heavy atom. The number of hydrogen-bond acceptors (Lipinski definition) is 8. The number of carbonyl (C=O) groups excluding carboxylic acids is 2.